The molecule has 1 aliphatic rings. The molecule has 2 rings (SSSR count). The molecule has 1 saturated carbocycles. The Labute approximate surface area is 156 Å². The van der Waals surface area contributed by atoms with Gasteiger partial charge in [-0.25, -0.2) is 4.79 Å². The number of carbonyl (C=O) groups is 1. The largest absolute Gasteiger partial charge is 0.460 e. The van der Waals surface area contributed by atoms with Crippen molar-refractivity contribution in [2.24, 2.45) is 5.92 Å². The molecule has 1 aliphatic carbocycles. The zero-order valence-electron chi connectivity index (χ0n) is 15.9. The molecule has 0 spiro atoms. The highest BCUT2D eigenvalue weighted by atomic mass is 16.6. The number of aliphatic hydroxyl groups is 2. The van der Waals surface area contributed by atoms with E-state index in [1.54, 1.807) is 0 Å². The lowest BCUT2D eigenvalue weighted by atomic mass is 9.81. The number of hydrogen-bond acceptors (Lipinski definition) is 4. The summed E-state index contributed by atoms with van der Waals surface area (Å²) in [6.45, 7) is 7.36. The number of hydrogen-bond donors (Lipinski definition) is 2. The van der Waals surface area contributed by atoms with Crippen LogP contribution < -0.4 is 0 Å². The highest BCUT2D eigenvalue weighted by molar-refractivity contribution is 5.80. The molecule has 0 amide bonds. The second kappa shape index (κ2) is 9.33. The van der Waals surface area contributed by atoms with Crippen LogP contribution in [0.2, 0.25) is 0 Å². The number of rotatable bonds is 8. The number of carbonyl (C=O) groups excluding carboxylic acids is 1. The molecule has 144 valence electrons. The third-order valence-electron chi connectivity index (χ3n) is 5.67. The summed E-state index contributed by atoms with van der Waals surface area (Å²) in [6.07, 6.45) is 4.45. The fourth-order valence-corrected chi connectivity index (χ4v) is 3.80. The Hall–Kier alpha value is -1.65. The van der Waals surface area contributed by atoms with Gasteiger partial charge >= 0.3 is 5.97 Å². The Morgan fingerprint density at radius 3 is 2.62 bits per heavy atom. The molecule has 0 radical (unpaired) electrons. The average molecular weight is 360 g/mol. The molecule has 2 N–H and O–H groups in total. The van der Waals surface area contributed by atoms with Crippen LogP contribution in [0.25, 0.3) is 0 Å². The van der Waals surface area contributed by atoms with E-state index in [4.69, 9.17) is 4.74 Å². The van der Waals surface area contributed by atoms with Crippen molar-refractivity contribution in [3.63, 3.8) is 0 Å². The molecule has 0 bridgehead atoms. The smallest absolute Gasteiger partial charge is 0.341 e. The molecule has 0 aromatic heterocycles. The van der Waals surface area contributed by atoms with Crippen LogP contribution in [0.1, 0.15) is 63.9 Å². The van der Waals surface area contributed by atoms with Crippen molar-refractivity contribution in [1.29, 1.82) is 0 Å². The monoisotopic (exact) mass is 360 g/mol. The van der Waals surface area contributed by atoms with Crippen LogP contribution in [0.4, 0.5) is 0 Å². The molecule has 0 unspecified atom stereocenters. The predicted molar refractivity (Wildman–Crippen MR) is 103 cm³/mol. The molecule has 4 heteroatoms. The summed E-state index contributed by atoms with van der Waals surface area (Å²) in [7, 11) is 0. The second-order valence-electron chi connectivity index (χ2n) is 7.49. The summed E-state index contributed by atoms with van der Waals surface area (Å²) < 4.78 is 5.80. The first-order valence-corrected chi connectivity index (χ1v) is 9.71. The molecule has 26 heavy (non-hydrogen) atoms. The maximum Gasteiger partial charge on any atom is 0.341 e. The number of esters is 1. The van der Waals surface area contributed by atoms with Crippen molar-refractivity contribution >= 4 is 5.97 Å². The van der Waals surface area contributed by atoms with E-state index in [0.717, 1.165) is 31.2 Å². The first-order valence-electron chi connectivity index (χ1n) is 9.71. The summed E-state index contributed by atoms with van der Waals surface area (Å²) in [4.78, 5) is 12.9. The minimum Gasteiger partial charge on any atom is -0.460 e. The number of ether oxygens (including phenoxy) is 1. The van der Waals surface area contributed by atoms with Gasteiger partial charge in [0.15, 0.2) is 5.60 Å². The van der Waals surface area contributed by atoms with Gasteiger partial charge in [-0.3, -0.25) is 0 Å². The van der Waals surface area contributed by atoms with Crippen molar-refractivity contribution in [2.45, 2.75) is 76.1 Å². The van der Waals surface area contributed by atoms with E-state index in [9.17, 15) is 15.0 Å². The van der Waals surface area contributed by atoms with Gasteiger partial charge in [0.05, 0.1) is 6.10 Å². The second-order valence-corrected chi connectivity index (χ2v) is 7.49. The molecule has 0 aliphatic heterocycles. The molecule has 1 aromatic carbocycles. The number of aliphatic hydroxyl groups excluding tert-OH is 1. The molecule has 5 atom stereocenters. The van der Waals surface area contributed by atoms with E-state index in [0.29, 0.717) is 6.42 Å². The van der Waals surface area contributed by atoms with Crippen LogP contribution in [0.15, 0.2) is 43.0 Å². The van der Waals surface area contributed by atoms with Gasteiger partial charge < -0.3 is 14.9 Å². The predicted octanol–water partition coefficient (Wildman–Crippen LogP) is 3.97. The maximum absolute atomic E-state index is 12.9. The zero-order chi connectivity index (χ0) is 19.2. The van der Waals surface area contributed by atoms with Crippen LogP contribution in [0.3, 0.4) is 0 Å². The van der Waals surface area contributed by atoms with Crippen molar-refractivity contribution < 1.29 is 19.7 Å². The van der Waals surface area contributed by atoms with E-state index in [2.05, 4.69) is 18.7 Å². The Balaban J connectivity index is 2.19. The third kappa shape index (κ3) is 4.54. The molecular weight excluding hydrogens is 328 g/mol. The van der Waals surface area contributed by atoms with Gasteiger partial charge in [-0.2, -0.15) is 0 Å². The molecule has 4 nitrogen and oxygen atoms in total. The normalized spacial score (nSPS) is 24.9. The first-order chi connectivity index (χ1) is 12.4. The SMILES string of the molecule is C=CC[C@](O)(C(=O)O[C@@H]1CCCC[C@H]1c1ccccc1)[C@@H](O)[C@@H](C)CC. The van der Waals surface area contributed by atoms with Crippen molar-refractivity contribution in [3.8, 4) is 0 Å². The van der Waals surface area contributed by atoms with Crippen LogP contribution in [0.5, 0.6) is 0 Å². The van der Waals surface area contributed by atoms with Gasteiger partial charge in [-0.05, 0) is 30.7 Å². The van der Waals surface area contributed by atoms with Crippen LogP contribution in [-0.4, -0.2) is 34.0 Å². The van der Waals surface area contributed by atoms with E-state index in [1.807, 2.05) is 32.0 Å². The van der Waals surface area contributed by atoms with Crippen LogP contribution >= 0.6 is 0 Å². The molecule has 0 saturated heterocycles. The molecule has 1 fully saturated rings. The quantitative estimate of drug-likeness (QED) is 0.544. The summed E-state index contributed by atoms with van der Waals surface area (Å²) in [6, 6.07) is 10.1. The van der Waals surface area contributed by atoms with Gasteiger partial charge in [-0.15, -0.1) is 6.58 Å². The van der Waals surface area contributed by atoms with Gasteiger partial charge in [-0.1, -0.05) is 63.1 Å². The Morgan fingerprint density at radius 2 is 2.00 bits per heavy atom. The van der Waals surface area contributed by atoms with Gasteiger partial charge in [0.2, 0.25) is 0 Å². The third-order valence-corrected chi connectivity index (χ3v) is 5.67. The lowest BCUT2D eigenvalue weighted by Gasteiger charge is -2.37. The highest BCUT2D eigenvalue weighted by Gasteiger charge is 2.47. The summed E-state index contributed by atoms with van der Waals surface area (Å²) in [5.74, 6) is -0.829. The van der Waals surface area contributed by atoms with E-state index in [-0.39, 0.29) is 24.4 Å². The Kier molecular flexibility index (Phi) is 7.42. The zero-order valence-corrected chi connectivity index (χ0v) is 15.9. The lowest BCUT2D eigenvalue weighted by Crippen LogP contribution is -2.54. The van der Waals surface area contributed by atoms with Gasteiger partial charge in [0.1, 0.15) is 6.10 Å². The van der Waals surface area contributed by atoms with Crippen molar-refractivity contribution in [1.82, 2.24) is 0 Å². The van der Waals surface area contributed by atoms with Crippen molar-refractivity contribution in [2.75, 3.05) is 0 Å². The Bertz CT molecular complexity index is 585. The fraction of sp³-hybridized carbons (Fsp3) is 0.591. The molecular formula is C22H32O4. The fourth-order valence-electron chi connectivity index (χ4n) is 3.80. The summed E-state index contributed by atoms with van der Waals surface area (Å²) in [5, 5.41) is 21.5. The van der Waals surface area contributed by atoms with E-state index >= 15 is 0 Å². The number of benzene rings is 1. The minimum atomic E-state index is -1.95. The average Bonchev–Trinajstić information content (AvgIpc) is 2.67. The van der Waals surface area contributed by atoms with Crippen LogP contribution in [0, 0.1) is 5.92 Å². The van der Waals surface area contributed by atoms with Gasteiger partial charge in [0.25, 0.3) is 0 Å². The molecule has 1 aromatic rings. The van der Waals surface area contributed by atoms with E-state index in [1.165, 1.54) is 6.08 Å². The van der Waals surface area contributed by atoms with Crippen LogP contribution in [-0.2, 0) is 9.53 Å². The summed E-state index contributed by atoms with van der Waals surface area (Å²) in [5.41, 5.74) is -0.796. The minimum absolute atomic E-state index is 0.0277. The molecule has 0 heterocycles. The standard InChI is InChI=1S/C22H32O4/c1-4-15-22(25,20(23)16(3)5-2)21(24)26-19-14-10-9-13-18(19)17-11-7-6-8-12-17/h4,6-8,11-12,16,18-20,23,25H,1,5,9-10,13-15H2,2-3H3/t16-,18-,19+,20-,22+/m0/s1. The first kappa shape index (κ1) is 20.7. The van der Waals surface area contributed by atoms with Crippen molar-refractivity contribution in [3.05, 3.63) is 48.6 Å². The highest BCUT2D eigenvalue weighted by Crippen LogP contribution is 2.36. The topological polar surface area (TPSA) is 66.8 Å². The lowest BCUT2D eigenvalue weighted by molar-refractivity contribution is -0.189. The summed E-state index contributed by atoms with van der Waals surface area (Å²) >= 11 is 0. The van der Waals surface area contributed by atoms with E-state index < -0.39 is 17.7 Å². The Morgan fingerprint density at radius 1 is 1.35 bits per heavy atom. The van der Waals surface area contributed by atoms with Gasteiger partial charge in [0, 0.05) is 12.3 Å². The maximum atomic E-state index is 12.9.